The molecule has 0 spiro atoms. The maximum Gasteiger partial charge on any atom is 0.223 e. The van der Waals surface area contributed by atoms with Crippen molar-refractivity contribution < 1.29 is 4.79 Å². The molecule has 1 N–H and O–H groups in total. The molecule has 4 rings (SSSR count). The van der Waals surface area contributed by atoms with E-state index in [1.807, 2.05) is 6.07 Å². The number of nitrogens with one attached hydrogen (secondary N) is 1. The molecular weight excluding hydrogens is 286 g/mol. The first-order valence-electron chi connectivity index (χ1n) is 8.66. The van der Waals surface area contributed by atoms with Gasteiger partial charge in [0.15, 0.2) is 0 Å². The van der Waals surface area contributed by atoms with Gasteiger partial charge in [0.1, 0.15) is 0 Å². The molecule has 0 saturated carbocycles. The quantitative estimate of drug-likeness (QED) is 0.946. The lowest BCUT2D eigenvalue weighted by molar-refractivity contribution is -0.132. The second kappa shape index (κ2) is 6.19. The number of benzene rings is 1. The highest BCUT2D eigenvalue weighted by atomic mass is 16.2. The van der Waals surface area contributed by atoms with Gasteiger partial charge in [0.25, 0.3) is 0 Å². The molecule has 4 heteroatoms. The van der Waals surface area contributed by atoms with Crippen molar-refractivity contribution in [1.82, 2.24) is 15.1 Å². The molecule has 2 heterocycles. The monoisotopic (exact) mass is 309 g/mol. The molecule has 0 radical (unpaired) electrons. The number of H-pyrrole nitrogens is 1. The molecule has 1 amide bonds. The van der Waals surface area contributed by atoms with Crippen LogP contribution in [0.1, 0.15) is 54.3 Å². The Morgan fingerprint density at radius 3 is 3.04 bits per heavy atom. The zero-order valence-corrected chi connectivity index (χ0v) is 13.4. The third-order valence-electron chi connectivity index (χ3n) is 5.41. The van der Waals surface area contributed by atoms with Crippen LogP contribution in [0.25, 0.3) is 0 Å². The smallest absolute Gasteiger partial charge is 0.223 e. The van der Waals surface area contributed by atoms with E-state index in [9.17, 15) is 4.79 Å². The van der Waals surface area contributed by atoms with Gasteiger partial charge in [-0.15, -0.1) is 0 Å². The van der Waals surface area contributed by atoms with E-state index in [1.54, 1.807) is 6.20 Å². The number of aryl methyl sites for hydroxylation is 1. The Morgan fingerprint density at radius 2 is 2.17 bits per heavy atom. The van der Waals surface area contributed by atoms with E-state index in [-0.39, 0.29) is 0 Å². The van der Waals surface area contributed by atoms with Crippen molar-refractivity contribution in [1.29, 1.82) is 0 Å². The SMILES string of the molecule is O=C(CC1CCc2ccccc21)N1CCCC(c2ccn[nH]2)C1. The third kappa shape index (κ3) is 2.90. The number of likely N-dealkylation sites (tertiary alicyclic amines) is 1. The van der Waals surface area contributed by atoms with Crippen molar-refractivity contribution in [3.05, 3.63) is 53.3 Å². The number of aromatic nitrogens is 2. The van der Waals surface area contributed by atoms with E-state index >= 15 is 0 Å². The third-order valence-corrected chi connectivity index (χ3v) is 5.41. The largest absolute Gasteiger partial charge is 0.342 e. The van der Waals surface area contributed by atoms with Crippen LogP contribution < -0.4 is 0 Å². The molecule has 1 fully saturated rings. The minimum Gasteiger partial charge on any atom is -0.342 e. The number of rotatable bonds is 3. The van der Waals surface area contributed by atoms with Crippen LogP contribution in [0.15, 0.2) is 36.5 Å². The standard InChI is InChI=1S/C19H23N3O/c23-19(12-15-8-7-14-4-1-2-6-17(14)15)22-11-3-5-16(13-22)18-9-10-20-21-18/h1-2,4,6,9-10,15-16H,3,5,7-8,11-13H2,(H,20,21). The van der Waals surface area contributed by atoms with Crippen molar-refractivity contribution in [2.45, 2.75) is 43.9 Å². The Hall–Kier alpha value is -2.10. The summed E-state index contributed by atoms with van der Waals surface area (Å²) >= 11 is 0. The number of aromatic amines is 1. The van der Waals surface area contributed by atoms with Crippen LogP contribution in [-0.4, -0.2) is 34.1 Å². The highest BCUT2D eigenvalue weighted by Gasteiger charge is 2.29. The van der Waals surface area contributed by atoms with Crippen molar-refractivity contribution in [3.63, 3.8) is 0 Å². The van der Waals surface area contributed by atoms with Crippen molar-refractivity contribution in [3.8, 4) is 0 Å². The maximum absolute atomic E-state index is 12.8. The molecule has 2 aromatic rings. The Bertz CT molecular complexity index is 680. The van der Waals surface area contributed by atoms with Crippen LogP contribution in [0.3, 0.4) is 0 Å². The van der Waals surface area contributed by atoms with E-state index < -0.39 is 0 Å². The van der Waals surface area contributed by atoms with E-state index in [4.69, 9.17) is 0 Å². The van der Waals surface area contributed by atoms with Crippen LogP contribution in [0.5, 0.6) is 0 Å². The highest BCUT2D eigenvalue weighted by Crippen LogP contribution is 2.36. The number of piperidine rings is 1. The van der Waals surface area contributed by atoms with Gasteiger partial charge >= 0.3 is 0 Å². The fourth-order valence-corrected chi connectivity index (χ4v) is 4.15. The number of carbonyl (C=O) groups excluding carboxylic acids is 1. The number of fused-ring (bicyclic) bond motifs is 1. The van der Waals surface area contributed by atoms with Gasteiger partial charge in [0, 0.05) is 37.3 Å². The molecular formula is C19H23N3O. The number of carbonyl (C=O) groups is 1. The Labute approximate surface area is 136 Å². The highest BCUT2D eigenvalue weighted by molar-refractivity contribution is 5.77. The van der Waals surface area contributed by atoms with E-state index in [2.05, 4.69) is 39.4 Å². The summed E-state index contributed by atoms with van der Waals surface area (Å²) in [4.78, 5) is 14.8. The van der Waals surface area contributed by atoms with Gasteiger partial charge in [0.05, 0.1) is 0 Å². The molecule has 120 valence electrons. The number of hydrogen-bond donors (Lipinski definition) is 1. The minimum atomic E-state index is 0.316. The topological polar surface area (TPSA) is 49.0 Å². The first kappa shape index (κ1) is 14.5. The zero-order chi connectivity index (χ0) is 15.6. The molecule has 2 unspecified atom stereocenters. The van der Waals surface area contributed by atoms with Gasteiger partial charge in [-0.2, -0.15) is 5.10 Å². The number of hydrogen-bond acceptors (Lipinski definition) is 2. The molecule has 0 bridgehead atoms. The summed E-state index contributed by atoms with van der Waals surface area (Å²) in [6.07, 6.45) is 6.90. The lowest BCUT2D eigenvalue weighted by Crippen LogP contribution is -2.39. The molecule has 23 heavy (non-hydrogen) atoms. The molecule has 1 saturated heterocycles. The average molecular weight is 309 g/mol. The average Bonchev–Trinajstić information content (AvgIpc) is 3.25. The maximum atomic E-state index is 12.8. The summed E-state index contributed by atoms with van der Waals surface area (Å²) in [6, 6.07) is 10.6. The molecule has 2 aliphatic rings. The first-order chi connectivity index (χ1) is 11.3. The Kier molecular flexibility index (Phi) is 3.90. The minimum absolute atomic E-state index is 0.316. The van der Waals surface area contributed by atoms with Crippen LogP contribution in [0, 0.1) is 0 Å². The second-order valence-electron chi connectivity index (χ2n) is 6.83. The van der Waals surface area contributed by atoms with Crippen LogP contribution in [-0.2, 0) is 11.2 Å². The van der Waals surface area contributed by atoms with Crippen molar-refractivity contribution in [2.24, 2.45) is 0 Å². The fraction of sp³-hybridized carbons (Fsp3) is 0.474. The normalized spacial score (nSPS) is 23.7. The Morgan fingerprint density at radius 1 is 1.26 bits per heavy atom. The molecule has 1 aromatic carbocycles. The van der Waals surface area contributed by atoms with E-state index in [0.717, 1.165) is 44.5 Å². The Balaban J connectivity index is 1.41. The van der Waals surface area contributed by atoms with Gasteiger partial charge in [-0.05, 0) is 48.8 Å². The summed E-state index contributed by atoms with van der Waals surface area (Å²) in [5, 5.41) is 7.11. The van der Waals surface area contributed by atoms with Gasteiger partial charge in [-0.25, -0.2) is 0 Å². The lowest BCUT2D eigenvalue weighted by Gasteiger charge is -2.33. The van der Waals surface area contributed by atoms with Crippen LogP contribution >= 0.6 is 0 Å². The lowest BCUT2D eigenvalue weighted by atomic mass is 9.93. The van der Waals surface area contributed by atoms with Gasteiger partial charge < -0.3 is 4.90 Å². The number of nitrogens with zero attached hydrogens (tertiary/aromatic N) is 2. The summed E-state index contributed by atoms with van der Waals surface area (Å²) < 4.78 is 0. The molecule has 4 nitrogen and oxygen atoms in total. The van der Waals surface area contributed by atoms with Gasteiger partial charge in [0.2, 0.25) is 5.91 Å². The summed E-state index contributed by atoms with van der Waals surface area (Å²) in [5.74, 6) is 1.13. The van der Waals surface area contributed by atoms with Crippen LogP contribution in [0.2, 0.25) is 0 Å². The molecule has 1 aliphatic carbocycles. The van der Waals surface area contributed by atoms with Gasteiger partial charge in [-0.1, -0.05) is 24.3 Å². The second-order valence-corrected chi connectivity index (χ2v) is 6.83. The summed E-state index contributed by atoms with van der Waals surface area (Å²) in [5.41, 5.74) is 3.98. The van der Waals surface area contributed by atoms with Gasteiger partial charge in [-0.3, -0.25) is 9.89 Å². The number of amides is 1. The van der Waals surface area contributed by atoms with Crippen molar-refractivity contribution >= 4 is 5.91 Å². The van der Waals surface area contributed by atoms with E-state index in [0.29, 0.717) is 24.2 Å². The first-order valence-corrected chi connectivity index (χ1v) is 8.66. The molecule has 2 atom stereocenters. The molecule has 1 aromatic heterocycles. The predicted octanol–water partition coefficient (Wildman–Crippen LogP) is 3.24. The fourth-order valence-electron chi connectivity index (χ4n) is 4.15. The predicted molar refractivity (Wildman–Crippen MR) is 89.3 cm³/mol. The zero-order valence-electron chi connectivity index (χ0n) is 13.4. The summed E-state index contributed by atoms with van der Waals surface area (Å²) in [7, 11) is 0. The summed E-state index contributed by atoms with van der Waals surface area (Å²) in [6.45, 7) is 1.73. The van der Waals surface area contributed by atoms with Crippen LogP contribution in [0.4, 0.5) is 0 Å². The molecule has 1 aliphatic heterocycles. The van der Waals surface area contributed by atoms with Crippen molar-refractivity contribution in [2.75, 3.05) is 13.1 Å². The van der Waals surface area contributed by atoms with E-state index in [1.165, 1.54) is 11.1 Å².